The monoisotopic (exact) mass is 275 g/mol. The molecule has 0 radical (unpaired) electrons. The van der Waals surface area contributed by atoms with Gasteiger partial charge in [0.1, 0.15) is 0 Å². The quantitative estimate of drug-likeness (QED) is 0.869. The number of aromatic nitrogens is 2. The van der Waals surface area contributed by atoms with Crippen LogP contribution in [0.4, 0.5) is 0 Å². The highest BCUT2D eigenvalue weighted by Crippen LogP contribution is 2.22. The van der Waals surface area contributed by atoms with Gasteiger partial charge in [0, 0.05) is 13.1 Å². The molecule has 2 aromatic rings. The summed E-state index contributed by atoms with van der Waals surface area (Å²) in [5.74, 6) is 0.729. The number of hydrogen-bond donors (Lipinski definition) is 1. The highest BCUT2D eigenvalue weighted by atomic mass is 32.1. The van der Waals surface area contributed by atoms with E-state index in [1.165, 1.54) is 30.6 Å². The fraction of sp³-hybridized carbons (Fsp3) is 0.533. The Kier molecular flexibility index (Phi) is 3.46. The number of rotatable bonds is 3. The highest BCUT2D eigenvalue weighted by Gasteiger charge is 2.22. The molecule has 0 amide bonds. The van der Waals surface area contributed by atoms with Gasteiger partial charge < -0.3 is 14.5 Å². The van der Waals surface area contributed by atoms with Gasteiger partial charge in [-0.15, -0.1) is 0 Å². The largest absolute Gasteiger partial charge is 0.331 e. The fourth-order valence-electron chi connectivity index (χ4n) is 3.07. The molecule has 1 saturated heterocycles. The molecule has 2 heterocycles. The Morgan fingerprint density at radius 1 is 1.42 bits per heavy atom. The van der Waals surface area contributed by atoms with Gasteiger partial charge in [-0.25, -0.2) is 0 Å². The first-order valence-corrected chi connectivity index (χ1v) is 7.49. The maximum Gasteiger partial charge on any atom is 0.178 e. The van der Waals surface area contributed by atoms with Crippen LogP contribution < -0.4 is 0 Å². The van der Waals surface area contributed by atoms with Crippen LogP contribution in [0, 0.1) is 17.6 Å². The number of benzene rings is 1. The third-order valence-corrected chi connectivity index (χ3v) is 4.51. The van der Waals surface area contributed by atoms with Gasteiger partial charge in [-0.1, -0.05) is 13.0 Å². The maximum atomic E-state index is 5.48. The number of nitrogens with one attached hydrogen (secondary N) is 1. The number of nitrogens with zero attached hydrogens (tertiary/aromatic N) is 2. The van der Waals surface area contributed by atoms with Crippen molar-refractivity contribution in [3.63, 3.8) is 0 Å². The average molecular weight is 275 g/mol. The normalized spacial score (nSPS) is 20.4. The smallest absolute Gasteiger partial charge is 0.178 e. The van der Waals surface area contributed by atoms with E-state index in [-0.39, 0.29) is 0 Å². The second-order valence-electron chi connectivity index (χ2n) is 5.61. The van der Waals surface area contributed by atoms with Crippen LogP contribution in [0.25, 0.3) is 11.0 Å². The Labute approximate surface area is 119 Å². The van der Waals surface area contributed by atoms with Crippen molar-refractivity contribution in [2.45, 2.75) is 26.8 Å². The zero-order valence-electron chi connectivity index (χ0n) is 11.6. The lowest BCUT2D eigenvalue weighted by Gasteiger charge is -2.14. The van der Waals surface area contributed by atoms with E-state index in [0.717, 1.165) is 29.3 Å². The van der Waals surface area contributed by atoms with Gasteiger partial charge in [0.15, 0.2) is 4.77 Å². The molecule has 3 nitrogen and oxygen atoms in total. The molecule has 3 rings (SSSR count). The Bertz CT molecular complexity index is 640. The molecular formula is C15H21N3S. The Hall–Kier alpha value is -1.13. The summed E-state index contributed by atoms with van der Waals surface area (Å²) < 4.78 is 3.13. The van der Waals surface area contributed by atoms with E-state index in [0.29, 0.717) is 0 Å². The number of imidazole rings is 1. The molecule has 1 aliphatic heterocycles. The zero-order valence-corrected chi connectivity index (χ0v) is 12.5. The van der Waals surface area contributed by atoms with Gasteiger partial charge in [0.2, 0.25) is 0 Å². The summed E-state index contributed by atoms with van der Waals surface area (Å²) in [5.41, 5.74) is 3.68. The van der Waals surface area contributed by atoms with E-state index >= 15 is 0 Å². The Balaban J connectivity index is 1.89. The topological polar surface area (TPSA) is 24.0 Å². The van der Waals surface area contributed by atoms with E-state index in [4.69, 9.17) is 12.2 Å². The minimum absolute atomic E-state index is 0.729. The van der Waals surface area contributed by atoms with Crippen molar-refractivity contribution in [3.8, 4) is 0 Å². The fourth-order valence-corrected chi connectivity index (χ4v) is 3.35. The molecule has 0 bridgehead atoms. The lowest BCUT2D eigenvalue weighted by atomic mass is 10.1. The van der Waals surface area contributed by atoms with Crippen LogP contribution in [0.3, 0.4) is 0 Å². The van der Waals surface area contributed by atoms with Crippen LogP contribution in [0.1, 0.15) is 18.9 Å². The Morgan fingerprint density at radius 3 is 3.00 bits per heavy atom. The van der Waals surface area contributed by atoms with Crippen molar-refractivity contribution in [2.24, 2.45) is 5.92 Å². The summed E-state index contributed by atoms with van der Waals surface area (Å²) in [6.07, 6.45) is 1.29. The first-order chi connectivity index (χ1) is 9.17. The van der Waals surface area contributed by atoms with Crippen molar-refractivity contribution in [2.75, 3.05) is 19.6 Å². The van der Waals surface area contributed by atoms with Gasteiger partial charge in [0.05, 0.1) is 11.0 Å². The van der Waals surface area contributed by atoms with Crippen LogP contribution in [-0.2, 0) is 6.54 Å². The number of aryl methyl sites for hydroxylation is 1. The van der Waals surface area contributed by atoms with Crippen molar-refractivity contribution >= 4 is 23.3 Å². The molecule has 1 unspecified atom stereocenters. The third kappa shape index (κ3) is 2.47. The molecule has 1 aromatic heterocycles. The minimum Gasteiger partial charge on any atom is -0.331 e. The van der Waals surface area contributed by atoms with Crippen LogP contribution in [0.5, 0.6) is 0 Å². The predicted octanol–water partition coefficient (Wildman–Crippen LogP) is 3.35. The first-order valence-electron chi connectivity index (χ1n) is 7.09. The van der Waals surface area contributed by atoms with Gasteiger partial charge in [0.25, 0.3) is 0 Å². The van der Waals surface area contributed by atoms with E-state index < -0.39 is 0 Å². The minimum atomic E-state index is 0.729. The summed E-state index contributed by atoms with van der Waals surface area (Å²) in [7, 11) is 0. The molecule has 0 aliphatic carbocycles. The first kappa shape index (κ1) is 12.9. The van der Waals surface area contributed by atoms with Crippen molar-refractivity contribution < 1.29 is 0 Å². The molecule has 0 saturated carbocycles. The standard InChI is InChI=1S/C15H21N3S/c1-3-17-7-6-12(9-17)10-18-14-5-4-11(2)8-13(14)16-15(18)19/h4-5,8,12H,3,6-7,9-10H2,1-2H3,(H,16,19). The van der Waals surface area contributed by atoms with Crippen LogP contribution >= 0.6 is 12.2 Å². The van der Waals surface area contributed by atoms with E-state index in [1.807, 2.05) is 0 Å². The molecule has 1 atom stereocenters. The average Bonchev–Trinajstić information content (AvgIpc) is 2.95. The van der Waals surface area contributed by atoms with Crippen molar-refractivity contribution in [1.82, 2.24) is 14.5 Å². The van der Waals surface area contributed by atoms with Gasteiger partial charge >= 0.3 is 0 Å². The van der Waals surface area contributed by atoms with Crippen LogP contribution in [-0.4, -0.2) is 34.1 Å². The van der Waals surface area contributed by atoms with Crippen LogP contribution in [0.2, 0.25) is 0 Å². The lowest BCUT2D eigenvalue weighted by molar-refractivity contribution is 0.333. The summed E-state index contributed by atoms with van der Waals surface area (Å²) in [4.78, 5) is 5.85. The predicted molar refractivity (Wildman–Crippen MR) is 82.1 cm³/mol. The third-order valence-electron chi connectivity index (χ3n) is 4.19. The SMILES string of the molecule is CCN1CCC(Cn2c(=S)[nH]c3cc(C)ccc32)C1. The summed E-state index contributed by atoms with van der Waals surface area (Å²) in [5, 5.41) is 0. The van der Waals surface area contributed by atoms with Crippen molar-refractivity contribution in [1.29, 1.82) is 0 Å². The molecule has 1 aromatic carbocycles. The molecule has 4 heteroatoms. The van der Waals surface area contributed by atoms with Crippen LogP contribution in [0.15, 0.2) is 18.2 Å². The highest BCUT2D eigenvalue weighted by molar-refractivity contribution is 7.71. The van der Waals surface area contributed by atoms with E-state index in [1.54, 1.807) is 0 Å². The van der Waals surface area contributed by atoms with E-state index in [2.05, 4.69) is 46.5 Å². The number of likely N-dealkylation sites (tertiary alicyclic amines) is 1. The molecule has 0 spiro atoms. The van der Waals surface area contributed by atoms with Gasteiger partial charge in [-0.3, -0.25) is 0 Å². The molecule has 1 N–H and O–H groups in total. The number of aromatic amines is 1. The number of hydrogen-bond acceptors (Lipinski definition) is 2. The summed E-state index contributed by atoms with van der Waals surface area (Å²) >= 11 is 5.48. The van der Waals surface area contributed by atoms with Gasteiger partial charge in [-0.2, -0.15) is 0 Å². The summed E-state index contributed by atoms with van der Waals surface area (Å²) in [6, 6.07) is 6.52. The molecule has 1 fully saturated rings. The van der Waals surface area contributed by atoms with Gasteiger partial charge in [-0.05, 0) is 62.3 Å². The molecular weight excluding hydrogens is 254 g/mol. The maximum absolute atomic E-state index is 5.48. The number of fused-ring (bicyclic) bond motifs is 1. The second kappa shape index (κ2) is 5.10. The zero-order chi connectivity index (χ0) is 13.4. The molecule has 19 heavy (non-hydrogen) atoms. The van der Waals surface area contributed by atoms with Crippen molar-refractivity contribution in [3.05, 3.63) is 28.5 Å². The Morgan fingerprint density at radius 2 is 2.26 bits per heavy atom. The lowest BCUT2D eigenvalue weighted by Crippen LogP contribution is -2.21. The molecule has 1 aliphatic rings. The molecule has 102 valence electrons. The van der Waals surface area contributed by atoms with E-state index in [9.17, 15) is 0 Å². The second-order valence-corrected chi connectivity index (χ2v) is 6.00. The summed E-state index contributed by atoms with van der Waals surface area (Å²) in [6.45, 7) is 8.99. The number of H-pyrrole nitrogens is 1.